The average Bonchev–Trinajstić information content (AvgIpc) is 3.95. The van der Waals surface area contributed by atoms with Crippen LogP contribution in [0, 0.1) is 0 Å². The number of aliphatic hydroxyl groups is 2. The van der Waals surface area contributed by atoms with Crippen LogP contribution in [0.15, 0.2) is 152 Å². The smallest absolute Gasteiger partial charge is 0.168 e. The Balaban J connectivity index is 1.50. The molecule has 50 heavy (non-hydrogen) atoms. The highest BCUT2D eigenvalue weighted by Crippen LogP contribution is 2.55. The SMILES string of the molecule is OC1(c2ccccc2)c2cc3nc(cc4ccc(cc5nc(c(-c6ccccc6)c([nH]2)C1(O)c1ccccc1)C(c1ccccc1)C5)[nH]4)C=C3. The fourth-order valence-electron chi connectivity index (χ4n) is 7.68. The van der Waals surface area contributed by atoms with Gasteiger partial charge in [-0.1, -0.05) is 121 Å². The monoisotopic (exact) mass is 650 g/mol. The highest BCUT2D eigenvalue weighted by molar-refractivity contribution is 5.76. The Hall–Kier alpha value is -6.08. The van der Waals surface area contributed by atoms with Crippen LogP contribution in [-0.2, 0) is 17.6 Å². The lowest BCUT2D eigenvalue weighted by Gasteiger charge is -2.40. The van der Waals surface area contributed by atoms with Crippen molar-refractivity contribution in [1.29, 1.82) is 0 Å². The van der Waals surface area contributed by atoms with Crippen LogP contribution in [0.3, 0.4) is 0 Å². The summed E-state index contributed by atoms with van der Waals surface area (Å²) in [6.45, 7) is 0. The maximum Gasteiger partial charge on any atom is 0.168 e. The highest BCUT2D eigenvalue weighted by atomic mass is 16.4. The minimum absolute atomic E-state index is 0.125. The van der Waals surface area contributed by atoms with E-state index in [2.05, 4.69) is 46.4 Å². The van der Waals surface area contributed by atoms with E-state index in [1.807, 2.05) is 127 Å². The molecule has 0 spiro atoms. The van der Waals surface area contributed by atoms with Crippen LogP contribution in [0.5, 0.6) is 0 Å². The van der Waals surface area contributed by atoms with Crippen molar-refractivity contribution in [3.05, 3.63) is 203 Å². The number of hydrogen-bond donors (Lipinski definition) is 4. The molecule has 2 aromatic heterocycles. The topological polar surface area (TPSA) is 97.8 Å². The standard InChI is InChI=1S/C44H34N4O2/c49-43(31-17-9-3-10-18-31)39-28-36-24-23-34(46-36)25-33-21-22-35(45-33)26-37-27-38(29-13-5-1-6-14-29)41(47-37)40(30-15-7-2-8-16-30)42(48-39)44(43,50)32-19-11-4-12-20-32/h1-26,28,38,45,48-50H,27H2. The van der Waals surface area contributed by atoms with Crippen LogP contribution < -0.4 is 0 Å². The molecule has 3 aliphatic heterocycles. The predicted molar refractivity (Wildman–Crippen MR) is 198 cm³/mol. The van der Waals surface area contributed by atoms with Crippen molar-refractivity contribution in [3.63, 3.8) is 0 Å². The molecule has 4 N–H and O–H groups in total. The summed E-state index contributed by atoms with van der Waals surface area (Å²) in [4.78, 5) is 17.5. The van der Waals surface area contributed by atoms with Crippen LogP contribution in [-0.4, -0.2) is 30.1 Å². The quantitative estimate of drug-likeness (QED) is 0.154. The van der Waals surface area contributed by atoms with E-state index < -0.39 is 11.2 Å². The molecule has 4 aromatic carbocycles. The summed E-state index contributed by atoms with van der Waals surface area (Å²) in [6, 6.07) is 49.3. The molecule has 3 aliphatic rings. The van der Waals surface area contributed by atoms with E-state index in [0.717, 1.165) is 44.8 Å². The number of nitrogens with one attached hydrogen (secondary N) is 2. The van der Waals surface area contributed by atoms with Crippen LogP contribution in [0.2, 0.25) is 0 Å². The lowest BCUT2D eigenvalue weighted by Crippen LogP contribution is -2.48. The molecular formula is C44H34N4O2. The second-order valence-corrected chi connectivity index (χ2v) is 13.1. The molecule has 0 fully saturated rings. The summed E-state index contributed by atoms with van der Waals surface area (Å²) in [7, 11) is 0. The average molecular weight is 651 g/mol. The third kappa shape index (κ3) is 4.80. The maximum atomic E-state index is 13.7. The van der Waals surface area contributed by atoms with Crippen LogP contribution >= 0.6 is 0 Å². The summed E-state index contributed by atoms with van der Waals surface area (Å²) in [5.41, 5.74) is 5.72. The van der Waals surface area contributed by atoms with Crippen molar-refractivity contribution in [1.82, 2.24) is 19.9 Å². The van der Waals surface area contributed by atoms with Gasteiger partial charge in [-0.2, -0.15) is 0 Å². The van der Waals surface area contributed by atoms with Gasteiger partial charge in [-0.3, -0.25) is 4.98 Å². The summed E-state index contributed by atoms with van der Waals surface area (Å²) >= 11 is 0. The van der Waals surface area contributed by atoms with Gasteiger partial charge in [-0.25, -0.2) is 4.98 Å². The van der Waals surface area contributed by atoms with Crippen molar-refractivity contribution in [2.75, 3.05) is 0 Å². The molecular weight excluding hydrogens is 617 g/mol. The van der Waals surface area contributed by atoms with Gasteiger partial charge < -0.3 is 20.2 Å². The first-order chi connectivity index (χ1) is 24.5. The predicted octanol–water partition coefficient (Wildman–Crippen LogP) is 8.42. The molecule has 3 unspecified atom stereocenters. The van der Waals surface area contributed by atoms with Gasteiger partial charge in [0.25, 0.3) is 0 Å². The lowest BCUT2D eigenvalue weighted by molar-refractivity contribution is -0.104. The van der Waals surface area contributed by atoms with Gasteiger partial charge in [0.15, 0.2) is 11.2 Å². The van der Waals surface area contributed by atoms with E-state index in [0.29, 0.717) is 34.6 Å². The summed E-state index contributed by atoms with van der Waals surface area (Å²) in [5, 5.41) is 27.1. The lowest BCUT2D eigenvalue weighted by atomic mass is 9.70. The van der Waals surface area contributed by atoms with E-state index in [1.54, 1.807) is 0 Å². The zero-order valence-electron chi connectivity index (χ0n) is 27.2. The van der Waals surface area contributed by atoms with Gasteiger partial charge in [0.05, 0.1) is 28.5 Å². The van der Waals surface area contributed by atoms with Gasteiger partial charge in [0.1, 0.15) is 0 Å². The van der Waals surface area contributed by atoms with Gasteiger partial charge in [-0.05, 0) is 64.7 Å². The Morgan fingerprint density at radius 1 is 0.560 bits per heavy atom. The molecule has 3 atom stereocenters. The van der Waals surface area contributed by atoms with E-state index in [4.69, 9.17) is 9.97 Å². The van der Waals surface area contributed by atoms with Crippen LogP contribution in [0.1, 0.15) is 56.8 Å². The normalized spacial score (nSPS) is 20.4. The minimum atomic E-state index is -1.98. The summed E-state index contributed by atoms with van der Waals surface area (Å²) < 4.78 is 0. The summed E-state index contributed by atoms with van der Waals surface area (Å²) in [5.74, 6) is -0.125. The van der Waals surface area contributed by atoms with E-state index in [-0.39, 0.29) is 5.92 Å². The van der Waals surface area contributed by atoms with Gasteiger partial charge in [0, 0.05) is 34.6 Å². The van der Waals surface area contributed by atoms with Crippen molar-refractivity contribution < 1.29 is 10.2 Å². The molecule has 0 saturated heterocycles. The van der Waals surface area contributed by atoms with Crippen LogP contribution in [0.25, 0.3) is 34.3 Å². The van der Waals surface area contributed by atoms with E-state index in [1.165, 1.54) is 0 Å². The maximum absolute atomic E-state index is 13.7. The van der Waals surface area contributed by atoms with E-state index >= 15 is 0 Å². The number of H-pyrrole nitrogens is 2. The fraction of sp³-hybridized carbons (Fsp3) is 0.0909. The molecule has 0 radical (unpaired) electrons. The molecule has 6 nitrogen and oxygen atoms in total. The molecule has 0 saturated carbocycles. The number of aromatic nitrogens is 4. The van der Waals surface area contributed by atoms with Gasteiger partial charge in [-0.15, -0.1) is 0 Å². The third-order valence-corrected chi connectivity index (χ3v) is 10.0. The number of nitrogens with zero attached hydrogens (tertiary/aromatic N) is 2. The fourth-order valence-corrected chi connectivity index (χ4v) is 7.68. The van der Waals surface area contributed by atoms with Gasteiger partial charge >= 0.3 is 0 Å². The second kappa shape index (κ2) is 11.8. The van der Waals surface area contributed by atoms with Crippen molar-refractivity contribution >= 4 is 23.2 Å². The Morgan fingerprint density at radius 3 is 1.78 bits per heavy atom. The highest BCUT2D eigenvalue weighted by Gasteiger charge is 2.60. The van der Waals surface area contributed by atoms with Crippen LogP contribution in [0.4, 0.5) is 0 Å². The minimum Gasteiger partial charge on any atom is -0.375 e. The zero-order chi connectivity index (χ0) is 33.7. The third-order valence-electron chi connectivity index (χ3n) is 10.0. The Kier molecular flexibility index (Phi) is 7.09. The van der Waals surface area contributed by atoms with Gasteiger partial charge in [0.2, 0.25) is 0 Å². The first kappa shape index (κ1) is 30.0. The number of aromatic amines is 2. The molecule has 0 amide bonds. The molecule has 9 rings (SSSR count). The molecule has 5 heterocycles. The number of fused-ring (bicyclic) bond motifs is 8. The molecule has 0 aliphatic carbocycles. The first-order valence-corrected chi connectivity index (χ1v) is 16.9. The van der Waals surface area contributed by atoms with E-state index in [9.17, 15) is 10.2 Å². The Labute approximate surface area is 289 Å². The molecule has 6 aromatic rings. The Morgan fingerprint density at radius 2 is 1.12 bits per heavy atom. The number of hydrogen-bond acceptors (Lipinski definition) is 4. The number of benzene rings is 4. The Bertz CT molecular complexity index is 2440. The van der Waals surface area contributed by atoms with Crippen molar-refractivity contribution in [3.8, 4) is 11.1 Å². The summed E-state index contributed by atoms with van der Waals surface area (Å²) in [6.07, 6.45) is 4.53. The largest absolute Gasteiger partial charge is 0.375 e. The zero-order valence-corrected chi connectivity index (χ0v) is 27.2. The first-order valence-electron chi connectivity index (χ1n) is 16.9. The number of rotatable bonds is 4. The molecule has 242 valence electrons. The van der Waals surface area contributed by atoms with Crippen molar-refractivity contribution in [2.24, 2.45) is 0 Å². The second-order valence-electron chi connectivity index (χ2n) is 13.1. The molecule has 8 bridgehead atoms. The molecule has 6 heteroatoms. The van der Waals surface area contributed by atoms with Crippen molar-refractivity contribution in [2.45, 2.75) is 23.5 Å².